The Balaban J connectivity index is 2.04. The van der Waals surface area contributed by atoms with Crippen LogP contribution in [0, 0.1) is 5.92 Å². The number of carboxylic acid groups (broad SMARTS) is 1. The van der Waals surface area contributed by atoms with Gasteiger partial charge in [-0.1, -0.05) is 20.3 Å². The summed E-state index contributed by atoms with van der Waals surface area (Å²) in [5.41, 5.74) is -0.382. The lowest BCUT2D eigenvalue weighted by molar-refractivity contribution is -0.142. The molecule has 1 fully saturated rings. The molecule has 6 heteroatoms. The van der Waals surface area contributed by atoms with Crippen molar-refractivity contribution in [2.75, 3.05) is 26.2 Å². The summed E-state index contributed by atoms with van der Waals surface area (Å²) in [6, 6.07) is 2.39. The van der Waals surface area contributed by atoms with Gasteiger partial charge in [0.1, 0.15) is 12.6 Å². The van der Waals surface area contributed by atoms with Crippen molar-refractivity contribution >= 4 is 5.97 Å². The van der Waals surface area contributed by atoms with Crippen molar-refractivity contribution in [2.24, 2.45) is 5.92 Å². The van der Waals surface area contributed by atoms with E-state index in [1.165, 1.54) is 30.0 Å². The lowest BCUT2D eigenvalue weighted by Crippen LogP contribution is -2.35. The first kappa shape index (κ1) is 17.5. The van der Waals surface area contributed by atoms with Crippen LogP contribution in [0.2, 0.25) is 0 Å². The summed E-state index contributed by atoms with van der Waals surface area (Å²) in [7, 11) is 0. The van der Waals surface area contributed by atoms with Gasteiger partial charge in [0.25, 0.3) is 5.56 Å². The second kappa shape index (κ2) is 8.15. The molecule has 2 heterocycles. The summed E-state index contributed by atoms with van der Waals surface area (Å²) in [6.07, 6.45) is 5.23. The van der Waals surface area contributed by atoms with E-state index in [1.54, 1.807) is 26.0 Å². The second-order valence-corrected chi connectivity index (χ2v) is 6.36. The third-order valence-electron chi connectivity index (χ3n) is 4.24. The number of piperidine rings is 1. The molecule has 0 aromatic carbocycles. The Morgan fingerprint density at radius 3 is 2.61 bits per heavy atom. The van der Waals surface area contributed by atoms with Crippen molar-refractivity contribution in [1.82, 2.24) is 9.47 Å². The number of likely N-dealkylation sites (tertiary alicyclic amines) is 1. The molecular formula is C17H26N2O4. The highest BCUT2D eigenvalue weighted by atomic mass is 16.5. The van der Waals surface area contributed by atoms with Crippen LogP contribution >= 0.6 is 0 Å². The van der Waals surface area contributed by atoms with Crippen molar-refractivity contribution in [3.8, 4) is 5.75 Å². The van der Waals surface area contributed by atoms with Gasteiger partial charge in [-0.2, -0.15) is 0 Å². The number of hydrogen-bond donors (Lipinski definition) is 1. The Labute approximate surface area is 136 Å². The summed E-state index contributed by atoms with van der Waals surface area (Å²) in [6.45, 7) is 6.97. The number of nitrogens with zero attached hydrogens (tertiary/aromatic N) is 2. The van der Waals surface area contributed by atoms with Crippen molar-refractivity contribution in [2.45, 2.75) is 39.2 Å². The largest absolute Gasteiger partial charge is 0.487 e. The average molecular weight is 322 g/mol. The normalized spacial score (nSPS) is 17.2. The predicted octanol–water partition coefficient (Wildman–Crippen LogP) is 1.99. The van der Waals surface area contributed by atoms with E-state index in [9.17, 15) is 14.7 Å². The van der Waals surface area contributed by atoms with E-state index in [-0.39, 0.29) is 17.2 Å². The molecule has 0 aliphatic carbocycles. The fourth-order valence-electron chi connectivity index (χ4n) is 3.01. The Morgan fingerprint density at radius 1 is 1.30 bits per heavy atom. The van der Waals surface area contributed by atoms with Gasteiger partial charge < -0.3 is 9.84 Å². The zero-order valence-electron chi connectivity index (χ0n) is 13.9. The Kier molecular flexibility index (Phi) is 6.21. The van der Waals surface area contributed by atoms with E-state index in [0.717, 1.165) is 19.6 Å². The zero-order chi connectivity index (χ0) is 16.8. The minimum absolute atomic E-state index is 0.186. The second-order valence-electron chi connectivity index (χ2n) is 6.36. The highest BCUT2D eigenvalue weighted by molar-refractivity contribution is 5.72. The number of pyridine rings is 1. The van der Waals surface area contributed by atoms with Crippen LogP contribution in [0.25, 0.3) is 0 Å². The molecule has 0 radical (unpaired) electrons. The van der Waals surface area contributed by atoms with Crippen LogP contribution < -0.4 is 10.3 Å². The fourth-order valence-corrected chi connectivity index (χ4v) is 3.01. The maximum Gasteiger partial charge on any atom is 0.327 e. The zero-order valence-corrected chi connectivity index (χ0v) is 13.9. The minimum atomic E-state index is -1.01. The van der Waals surface area contributed by atoms with Gasteiger partial charge in [0.2, 0.25) is 0 Å². The molecule has 1 aliphatic rings. The van der Waals surface area contributed by atoms with Gasteiger partial charge in [0, 0.05) is 12.7 Å². The summed E-state index contributed by atoms with van der Waals surface area (Å²) >= 11 is 0. The van der Waals surface area contributed by atoms with Crippen LogP contribution in [0.3, 0.4) is 0 Å². The van der Waals surface area contributed by atoms with Gasteiger partial charge in [-0.15, -0.1) is 0 Å². The van der Waals surface area contributed by atoms with E-state index in [2.05, 4.69) is 4.90 Å². The number of rotatable bonds is 7. The summed E-state index contributed by atoms with van der Waals surface area (Å²) in [5.74, 6) is -0.974. The molecule has 0 amide bonds. The van der Waals surface area contributed by atoms with E-state index in [4.69, 9.17) is 4.74 Å². The van der Waals surface area contributed by atoms with Crippen LogP contribution in [0.4, 0.5) is 0 Å². The number of aromatic nitrogens is 1. The van der Waals surface area contributed by atoms with E-state index >= 15 is 0 Å². The lowest BCUT2D eigenvalue weighted by Gasteiger charge is -2.26. The van der Waals surface area contributed by atoms with Crippen LogP contribution in [-0.4, -0.2) is 46.8 Å². The number of hydrogen-bond acceptors (Lipinski definition) is 4. The highest BCUT2D eigenvalue weighted by Gasteiger charge is 2.25. The average Bonchev–Trinajstić information content (AvgIpc) is 2.51. The summed E-state index contributed by atoms with van der Waals surface area (Å²) in [5, 5.41) is 9.35. The maximum atomic E-state index is 12.5. The SMILES string of the molecule is CC(C)C(C(=O)O)n1cccc(OCCN2CCCCC2)c1=O. The Morgan fingerprint density at radius 2 is 2.00 bits per heavy atom. The van der Waals surface area contributed by atoms with E-state index in [1.807, 2.05) is 0 Å². The first-order chi connectivity index (χ1) is 11.0. The third kappa shape index (κ3) is 4.58. The van der Waals surface area contributed by atoms with Crippen LogP contribution in [0.5, 0.6) is 5.75 Å². The molecule has 1 aliphatic heterocycles. The topological polar surface area (TPSA) is 71.8 Å². The molecule has 0 bridgehead atoms. The molecule has 1 saturated heterocycles. The molecule has 1 unspecified atom stereocenters. The van der Waals surface area contributed by atoms with E-state index < -0.39 is 12.0 Å². The first-order valence-corrected chi connectivity index (χ1v) is 8.30. The monoisotopic (exact) mass is 322 g/mol. The van der Waals surface area contributed by atoms with Crippen molar-refractivity contribution in [1.29, 1.82) is 0 Å². The van der Waals surface area contributed by atoms with Crippen molar-refractivity contribution < 1.29 is 14.6 Å². The predicted molar refractivity (Wildman–Crippen MR) is 88.0 cm³/mol. The minimum Gasteiger partial charge on any atom is -0.487 e. The Bertz CT molecular complexity index is 576. The van der Waals surface area contributed by atoms with Crippen LogP contribution in [-0.2, 0) is 4.79 Å². The van der Waals surface area contributed by atoms with Crippen molar-refractivity contribution in [3.63, 3.8) is 0 Å². The van der Waals surface area contributed by atoms with Crippen LogP contribution in [0.1, 0.15) is 39.2 Å². The molecule has 1 aromatic rings. The van der Waals surface area contributed by atoms with Gasteiger partial charge >= 0.3 is 5.97 Å². The number of ether oxygens (including phenoxy) is 1. The molecule has 128 valence electrons. The molecule has 1 atom stereocenters. The van der Waals surface area contributed by atoms with E-state index in [0.29, 0.717) is 6.61 Å². The Hall–Kier alpha value is -1.82. The third-order valence-corrected chi connectivity index (χ3v) is 4.24. The van der Waals surface area contributed by atoms with Gasteiger partial charge in [-0.05, 0) is 44.0 Å². The molecule has 1 N–H and O–H groups in total. The van der Waals surface area contributed by atoms with Gasteiger partial charge in [-0.3, -0.25) is 14.3 Å². The standard InChI is InChI=1S/C17H26N2O4/c1-13(2)15(17(21)22)19-10-6-7-14(16(19)20)23-12-11-18-8-4-3-5-9-18/h6-7,10,13,15H,3-5,8-9,11-12H2,1-2H3,(H,21,22). The quantitative estimate of drug-likeness (QED) is 0.831. The van der Waals surface area contributed by atoms with Gasteiger partial charge in [0.05, 0.1) is 0 Å². The summed E-state index contributed by atoms with van der Waals surface area (Å²) in [4.78, 5) is 26.2. The molecular weight excluding hydrogens is 296 g/mol. The molecule has 23 heavy (non-hydrogen) atoms. The fraction of sp³-hybridized carbons (Fsp3) is 0.647. The van der Waals surface area contributed by atoms with Gasteiger partial charge in [0.15, 0.2) is 5.75 Å². The smallest absolute Gasteiger partial charge is 0.327 e. The molecule has 6 nitrogen and oxygen atoms in total. The highest BCUT2D eigenvalue weighted by Crippen LogP contribution is 2.17. The maximum absolute atomic E-state index is 12.5. The molecule has 0 saturated carbocycles. The van der Waals surface area contributed by atoms with Crippen LogP contribution in [0.15, 0.2) is 23.1 Å². The molecule has 1 aromatic heterocycles. The lowest BCUT2D eigenvalue weighted by atomic mass is 10.0. The molecule has 2 rings (SSSR count). The van der Waals surface area contributed by atoms with Crippen molar-refractivity contribution in [3.05, 3.63) is 28.7 Å². The summed E-state index contributed by atoms with van der Waals surface area (Å²) < 4.78 is 6.88. The number of carboxylic acids is 1. The number of carbonyl (C=O) groups is 1. The first-order valence-electron chi connectivity index (χ1n) is 8.30. The number of aliphatic carboxylic acids is 1. The molecule has 0 spiro atoms. The van der Waals surface area contributed by atoms with Gasteiger partial charge in [-0.25, -0.2) is 4.79 Å².